The second-order valence-corrected chi connectivity index (χ2v) is 6.99. The fourth-order valence-electron chi connectivity index (χ4n) is 3.49. The number of ether oxygens (including phenoxy) is 1. The Morgan fingerprint density at radius 1 is 1.13 bits per heavy atom. The molecule has 3 aromatic rings. The first kappa shape index (κ1) is 20.5. The third-order valence-electron chi connectivity index (χ3n) is 5.03. The maximum atomic E-state index is 13.2. The first-order valence-electron chi connectivity index (χ1n) is 9.03. The summed E-state index contributed by atoms with van der Waals surface area (Å²) >= 11 is 0. The van der Waals surface area contributed by atoms with Crippen molar-refractivity contribution >= 4 is 16.8 Å². The molecule has 2 heterocycles. The Morgan fingerprint density at radius 3 is 2.57 bits per heavy atom. The van der Waals surface area contributed by atoms with Crippen molar-refractivity contribution in [1.29, 1.82) is 0 Å². The number of para-hydroxylation sites is 1. The van der Waals surface area contributed by atoms with Crippen LogP contribution in [0.2, 0.25) is 0 Å². The van der Waals surface area contributed by atoms with Crippen molar-refractivity contribution < 1.29 is 38.0 Å². The van der Waals surface area contributed by atoms with Gasteiger partial charge in [0.15, 0.2) is 5.78 Å². The van der Waals surface area contributed by atoms with E-state index in [1.54, 1.807) is 12.1 Å². The van der Waals surface area contributed by atoms with Crippen LogP contribution in [0.25, 0.3) is 22.4 Å². The number of aromatic amines is 1. The minimum atomic E-state index is -4.56. The zero-order valence-corrected chi connectivity index (χ0v) is 15.3. The lowest BCUT2D eigenvalue weighted by atomic mass is 9.92. The Morgan fingerprint density at radius 2 is 1.87 bits per heavy atom. The average Bonchev–Trinajstić information content (AvgIpc) is 3.16. The van der Waals surface area contributed by atoms with Gasteiger partial charge in [-0.05, 0) is 23.8 Å². The molecule has 1 aliphatic rings. The Labute approximate surface area is 167 Å². The van der Waals surface area contributed by atoms with Gasteiger partial charge in [-0.3, -0.25) is 4.79 Å². The van der Waals surface area contributed by atoms with Gasteiger partial charge < -0.3 is 25.0 Å². The predicted octanol–water partition coefficient (Wildman–Crippen LogP) is 1.97. The number of aromatic nitrogens is 2. The number of hydrogen-bond acceptors (Lipinski definition) is 6. The SMILES string of the molecule is O=C1C(c2cccc(-c3nc4c(C(F)(F)F)cccc4[nH]3)c2)OC(CO)C(O)C1O. The highest BCUT2D eigenvalue weighted by Crippen LogP contribution is 2.36. The number of ketones is 1. The maximum Gasteiger partial charge on any atom is 0.418 e. The molecule has 2 aromatic carbocycles. The molecule has 0 amide bonds. The molecule has 4 unspecified atom stereocenters. The zero-order valence-electron chi connectivity index (χ0n) is 15.3. The predicted molar refractivity (Wildman–Crippen MR) is 98.3 cm³/mol. The van der Waals surface area contributed by atoms with Gasteiger partial charge in [0.25, 0.3) is 0 Å². The van der Waals surface area contributed by atoms with Crippen molar-refractivity contribution in [2.24, 2.45) is 0 Å². The Kier molecular flexibility index (Phi) is 5.10. The molecule has 4 N–H and O–H groups in total. The molecule has 4 rings (SSSR count). The number of fused-ring (bicyclic) bond motifs is 1. The van der Waals surface area contributed by atoms with E-state index in [0.717, 1.165) is 6.07 Å². The first-order chi connectivity index (χ1) is 14.2. The minimum Gasteiger partial charge on any atom is -0.394 e. The molecular weight excluding hydrogens is 405 g/mol. The lowest BCUT2D eigenvalue weighted by molar-refractivity contribution is -0.189. The standard InChI is InChI=1S/C20H17F3N2O5/c21-20(22,23)11-5-2-6-12-14(11)25-19(24-12)10-4-1-3-9(7-10)18-17(29)16(28)15(27)13(8-26)30-18/h1-7,13,15-16,18,26-28H,8H2,(H,24,25). The summed E-state index contributed by atoms with van der Waals surface area (Å²) in [6.45, 7) is -0.606. The number of H-pyrrole nitrogens is 1. The van der Waals surface area contributed by atoms with Crippen molar-refractivity contribution in [3.63, 3.8) is 0 Å². The number of imidazole rings is 1. The van der Waals surface area contributed by atoms with Gasteiger partial charge in [-0.15, -0.1) is 0 Å². The molecule has 0 spiro atoms. The van der Waals surface area contributed by atoms with E-state index < -0.39 is 48.5 Å². The molecule has 30 heavy (non-hydrogen) atoms. The number of aliphatic hydroxyl groups is 3. The summed E-state index contributed by atoms with van der Waals surface area (Å²) in [4.78, 5) is 19.3. The van der Waals surface area contributed by atoms with Gasteiger partial charge in [-0.1, -0.05) is 24.3 Å². The molecule has 0 saturated carbocycles. The summed E-state index contributed by atoms with van der Waals surface area (Å²) in [6, 6.07) is 9.88. The number of nitrogens with one attached hydrogen (secondary N) is 1. The quantitative estimate of drug-likeness (QED) is 0.513. The van der Waals surface area contributed by atoms with Crippen LogP contribution in [0.3, 0.4) is 0 Å². The zero-order chi connectivity index (χ0) is 21.6. The van der Waals surface area contributed by atoms with E-state index >= 15 is 0 Å². The van der Waals surface area contributed by atoms with Crippen molar-refractivity contribution in [3.05, 3.63) is 53.6 Å². The van der Waals surface area contributed by atoms with Crippen molar-refractivity contribution in [2.45, 2.75) is 30.6 Å². The summed E-state index contributed by atoms with van der Waals surface area (Å²) in [6.07, 6.45) is -10.3. The lowest BCUT2D eigenvalue weighted by Crippen LogP contribution is -2.53. The van der Waals surface area contributed by atoms with E-state index in [-0.39, 0.29) is 16.9 Å². The van der Waals surface area contributed by atoms with Crippen molar-refractivity contribution in [1.82, 2.24) is 9.97 Å². The van der Waals surface area contributed by atoms with Crippen LogP contribution in [-0.4, -0.2) is 56.0 Å². The highest BCUT2D eigenvalue weighted by molar-refractivity contribution is 5.90. The van der Waals surface area contributed by atoms with E-state index in [1.807, 2.05) is 0 Å². The lowest BCUT2D eigenvalue weighted by Gasteiger charge is -2.35. The fourth-order valence-corrected chi connectivity index (χ4v) is 3.49. The van der Waals surface area contributed by atoms with Crippen LogP contribution in [0, 0.1) is 0 Å². The van der Waals surface area contributed by atoms with Crippen LogP contribution in [0.1, 0.15) is 17.2 Å². The van der Waals surface area contributed by atoms with Crippen LogP contribution < -0.4 is 0 Å². The number of aliphatic hydroxyl groups excluding tert-OH is 3. The van der Waals surface area contributed by atoms with Crippen LogP contribution >= 0.6 is 0 Å². The van der Waals surface area contributed by atoms with Gasteiger partial charge in [0.1, 0.15) is 35.8 Å². The van der Waals surface area contributed by atoms with Gasteiger partial charge in [-0.2, -0.15) is 13.2 Å². The third-order valence-corrected chi connectivity index (χ3v) is 5.03. The molecule has 1 saturated heterocycles. The molecule has 7 nitrogen and oxygen atoms in total. The number of hydrogen-bond donors (Lipinski definition) is 4. The molecule has 1 fully saturated rings. The van der Waals surface area contributed by atoms with Crippen molar-refractivity contribution in [3.8, 4) is 11.4 Å². The molecular formula is C20H17F3N2O5. The topological polar surface area (TPSA) is 116 Å². The maximum absolute atomic E-state index is 13.2. The molecule has 1 aromatic heterocycles. The number of carbonyl (C=O) groups is 1. The van der Waals surface area contributed by atoms with E-state index in [2.05, 4.69) is 9.97 Å². The number of halogens is 3. The van der Waals surface area contributed by atoms with Gasteiger partial charge in [0, 0.05) is 5.56 Å². The van der Waals surface area contributed by atoms with Crippen LogP contribution in [-0.2, 0) is 15.7 Å². The number of nitrogens with zero attached hydrogens (tertiary/aromatic N) is 1. The third kappa shape index (κ3) is 3.47. The second kappa shape index (κ2) is 7.47. The van der Waals surface area contributed by atoms with Crippen LogP contribution in [0.5, 0.6) is 0 Å². The number of carbonyl (C=O) groups excluding carboxylic acids is 1. The highest BCUT2D eigenvalue weighted by Gasteiger charge is 2.43. The monoisotopic (exact) mass is 422 g/mol. The average molecular weight is 422 g/mol. The number of alkyl halides is 3. The smallest absolute Gasteiger partial charge is 0.394 e. The summed E-state index contributed by atoms with van der Waals surface area (Å²) in [7, 11) is 0. The summed E-state index contributed by atoms with van der Waals surface area (Å²) < 4.78 is 45.2. The van der Waals surface area contributed by atoms with E-state index in [9.17, 15) is 33.3 Å². The van der Waals surface area contributed by atoms with Crippen molar-refractivity contribution in [2.75, 3.05) is 6.61 Å². The van der Waals surface area contributed by atoms with Gasteiger partial charge in [-0.25, -0.2) is 4.98 Å². The summed E-state index contributed by atoms with van der Waals surface area (Å²) in [5, 5.41) is 29.1. The molecule has 0 bridgehead atoms. The Hall–Kier alpha value is -2.79. The first-order valence-corrected chi connectivity index (χ1v) is 9.03. The van der Waals surface area contributed by atoms with Gasteiger partial charge in [0.2, 0.25) is 0 Å². The molecule has 158 valence electrons. The second-order valence-electron chi connectivity index (χ2n) is 6.99. The minimum absolute atomic E-state index is 0.158. The Bertz CT molecular complexity index is 1100. The molecule has 0 aliphatic carbocycles. The number of benzene rings is 2. The van der Waals surface area contributed by atoms with Crippen LogP contribution in [0.15, 0.2) is 42.5 Å². The van der Waals surface area contributed by atoms with Gasteiger partial charge in [0.05, 0.1) is 17.7 Å². The fraction of sp³-hybridized carbons (Fsp3) is 0.300. The van der Waals surface area contributed by atoms with E-state index in [0.29, 0.717) is 11.1 Å². The molecule has 0 radical (unpaired) electrons. The normalized spacial score (nSPS) is 25.1. The van der Waals surface area contributed by atoms with E-state index in [1.165, 1.54) is 24.3 Å². The number of Topliss-reactive ketones (excluding diaryl/α,β-unsaturated/α-hetero) is 1. The van der Waals surface area contributed by atoms with Gasteiger partial charge >= 0.3 is 6.18 Å². The molecule has 4 atom stereocenters. The number of rotatable bonds is 3. The summed E-state index contributed by atoms with van der Waals surface area (Å²) in [5.74, 6) is -0.626. The van der Waals surface area contributed by atoms with Crippen LogP contribution in [0.4, 0.5) is 13.2 Å². The molecule has 10 heteroatoms. The van der Waals surface area contributed by atoms with E-state index in [4.69, 9.17) is 4.74 Å². The Balaban J connectivity index is 1.73. The summed E-state index contributed by atoms with van der Waals surface area (Å²) in [5.41, 5.74) is -0.191. The largest absolute Gasteiger partial charge is 0.418 e. The highest BCUT2D eigenvalue weighted by atomic mass is 19.4. The molecule has 1 aliphatic heterocycles.